The zero-order valence-corrected chi connectivity index (χ0v) is 14.5. The number of carbonyl (C=O) groups is 1. The Bertz CT molecular complexity index is 835. The summed E-state index contributed by atoms with van der Waals surface area (Å²) in [5.41, 5.74) is 2.97. The zero-order valence-electron chi connectivity index (χ0n) is 13.7. The van der Waals surface area contributed by atoms with E-state index in [9.17, 15) is 9.18 Å². The van der Waals surface area contributed by atoms with Crippen LogP contribution in [0, 0.1) is 18.7 Å². The van der Waals surface area contributed by atoms with Gasteiger partial charge in [0.05, 0.1) is 6.04 Å². The lowest BCUT2D eigenvalue weighted by molar-refractivity contribution is -0.119. The van der Waals surface area contributed by atoms with E-state index in [1.165, 1.54) is 12.1 Å². The molecule has 1 amide bonds. The van der Waals surface area contributed by atoms with E-state index in [1.54, 1.807) is 12.1 Å². The van der Waals surface area contributed by atoms with Gasteiger partial charge in [0, 0.05) is 11.4 Å². The predicted molar refractivity (Wildman–Crippen MR) is 100 cm³/mol. The lowest BCUT2D eigenvalue weighted by Gasteiger charge is -2.35. The van der Waals surface area contributed by atoms with E-state index in [2.05, 4.69) is 22.5 Å². The van der Waals surface area contributed by atoms with Crippen LogP contribution in [0.3, 0.4) is 0 Å². The van der Waals surface area contributed by atoms with Gasteiger partial charge in [0.1, 0.15) is 11.7 Å². The van der Waals surface area contributed by atoms with Crippen molar-refractivity contribution in [2.24, 2.45) is 5.92 Å². The fourth-order valence-corrected chi connectivity index (χ4v) is 3.12. The maximum absolute atomic E-state index is 13.2. The highest BCUT2D eigenvalue weighted by Crippen LogP contribution is 2.31. The molecule has 1 aliphatic rings. The number of thiocarbonyl (C=S) groups is 1. The molecule has 128 valence electrons. The van der Waals surface area contributed by atoms with E-state index in [1.807, 2.05) is 31.2 Å². The number of hydrogen-bond donors (Lipinski definition) is 3. The van der Waals surface area contributed by atoms with Crippen molar-refractivity contribution in [1.82, 2.24) is 10.6 Å². The van der Waals surface area contributed by atoms with Crippen LogP contribution in [0.25, 0.3) is 0 Å². The van der Waals surface area contributed by atoms with Crippen molar-refractivity contribution in [2.45, 2.75) is 13.0 Å². The zero-order chi connectivity index (χ0) is 18.0. The Hall–Kier alpha value is -2.73. The summed E-state index contributed by atoms with van der Waals surface area (Å²) in [6, 6.07) is 13.1. The third-order valence-corrected chi connectivity index (χ3v) is 4.40. The average molecular weight is 355 g/mol. The average Bonchev–Trinajstić information content (AvgIpc) is 2.57. The van der Waals surface area contributed by atoms with Crippen LogP contribution >= 0.6 is 12.2 Å². The number of carbonyl (C=O) groups excluding carboxylic acids is 1. The summed E-state index contributed by atoms with van der Waals surface area (Å²) in [6.07, 6.45) is 0. The van der Waals surface area contributed by atoms with Gasteiger partial charge in [-0.1, -0.05) is 36.9 Å². The van der Waals surface area contributed by atoms with Gasteiger partial charge in [0.2, 0.25) is 5.91 Å². The molecule has 3 N–H and O–H groups in total. The summed E-state index contributed by atoms with van der Waals surface area (Å²) < 4.78 is 13.2. The number of rotatable bonds is 3. The normalized spacial score (nSPS) is 19.8. The molecule has 1 saturated heterocycles. The van der Waals surface area contributed by atoms with Crippen LogP contribution in [0.4, 0.5) is 10.1 Å². The van der Waals surface area contributed by atoms with Crippen molar-refractivity contribution >= 4 is 28.9 Å². The summed E-state index contributed by atoms with van der Waals surface area (Å²) in [4.78, 5) is 12.9. The Labute approximate surface area is 151 Å². The number of anilines is 1. The van der Waals surface area contributed by atoms with E-state index in [0.29, 0.717) is 10.8 Å². The topological polar surface area (TPSA) is 53.2 Å². The number of nitrogens with one attached hydrogen (secondary N) is 3. The summed E-state index contributed by atoms with van der Waals surface area (Å²) in [7, 11) is 0. The Morgan fingerprint density at radius 2 is 1.88 bits per heavy atom. The second-order valence-electron chi connectivity index (χ2n) is 5.93. The molecule has 4 nitrogen and oxygen atoms in total. The fraction of sp³-hybridized carbons (Fsp3) is 0.158. The predicted octanol–water partition coefficient (Wildman–Crippen LogP) is 3.42. The smallest absolute Gasteiger partial charge is 0.235 e. The number of hydrogen-bond acceptors (Lipinski definition) is 2. The number of aryl methyl sites for hydroxylation is 1. The Balaban J connectivity index is 1.90. The van der Waals surface area contributed by atoms with Gasteiger partial charge < -0.3 is 16.0 Å². The second-order valence-corrected chi connectivity index (χ2v) is 6.34. The van der Waals surface area contributed by atoms with Crippen molar-refractivity contribution in [2.75, 3.05) is 5.32 Å². The maximum atomic E-state index is 13.2. The number of amides is 1. The first kappa shape index (κ1) is 17.1. The molecule has 1 aliphatic heterocycles. The Kier molecular flexibility index (Phi) is 4.81. The summed E-state index contributed by atoms with van der Waals surface area (Å²) in [6.45, 7) is 5.88. The van der Waals surface area contributed by atoms with Crippen LogP contribution in [-0.2, 0) is 4.79 Å². The molecular formula is C19H18FN3OS. The molecule has 1 heterocycles. The van der Waals surface area contributed by atoms with Crippen LogP contribution in [0.15, 0.2) is 60.8 Å². The van der Waals surface area contributed by atoms with Gasteiger partial charge >= 0.3 is 0 Å². The van der Waals surface area contributed by atoms with Crippen molar-refractivity contribution in [3.63, 3.8) is 0 Å². The molecule has 25 heavy (non-hydrogen) atoms. The molecule has 0 bridgehead atoms. The number of halogens is 1. The first-order valence-electron chi connectivity index (χ1n) is 7.84. The molecule has 2 aromatic rings. The minimum Gasteiger partial charge on any atom is -0.354 e. The number of benzene rings is 2. The fourth-order valence-electron chi connectivity index (χ4n) is 2.86. The Morgan fingerprint density at radius 3 is 2.56 bits per heavy atom. The van der Waals surface area contributed by atoms with Crippen LogP contribution in [0.2, 0.25) is 0 Å². The molecule has 0 radical (unpaired) electrons. The monoisotopic (exact) mass is 355 g/mol. The SMILES string of the molecule is C=C1NC(=S)NC(c2ccc(F)cc2)C1C(=O)Nc1ccccc1C. The van der Waals surface area contributed by atoms with Gasteiger partial charge in [-0.25, -0.2) is 4.39 Å². The highest BCUT2D eigenvalue weighted by atomic mass is 32.1. The van der Waals surface area contributed by atoms with Crippen LogP contribution < -0.4 is 16.0 Å². The molecule has 2 atom stereocenters. The number of para-hydroxylation sites is 1. The maximum Gasteiger partial charge on any atom is 0.235 e. The third kappa shape index (κ3) is 3.69. The lowest BCUT2D eigenvalue weighted by atomic mass is 9.88. The Morgan fingerprint density at radius 1 is 1.20 bits per heavy atom. The largest absolute Gasteiger partial charge is 0.354 e. The molecule has 2 aromatic carbocycles. The van der Waals surface area contributed by atoms with Crippen molar-refractivity contribution in [1.29, 1.82) is 0 Å². The highest BCUT2D eigenvalue weighted by molar-refractivity contribution is 7.80. The minimum absolute atomic E-state index is 0.212. The molecule has 0 aliphatic carbocycles. The molecule has 0 saturated carbocycles. The van der Waals surface area contributed by atoms with E-state index in [4.69, 9.17) is 12.2 Å². The van der Waals surface area contributed by atoms with E-state index >= 15 is 0 Å². The standard InChI is InChI=1S/C19H18FN3OS/c1-11-5-3-4-6-15(11)22-18(24)16-12(2)21-19(25)23-17(16)13-7-9-14(20)10-8-13/h3-10,16-17H,2H2,1H3,(H,22,24)(H2,21,23,25). The summed E-state index contributed by atoms with van der Waals surface area (Å²) in [5, 5.41) is 9.33. The van der Waals surface area contributed by atoms with Gasteiger partial charge in [-0.2, -0.15) is 0 Å². The molecule has 2 unspecified atom stereocenters. The molecule has 0 spiro atoms. The van der Waals surface area contributed by atoms with E-state index in [0.717, 1.165) is 16.8 Å². The molecule has 3 rings (SSSR count). The molecular weight excluding hydrogens is 337 g/mol. The first-order chi connectivity index (χ1) is 12.0. The summed E-state index contributed by atoms with van der Waals surface area (Å²) >= 11 is 5.19. The highest BCUT2D eigenvalue weighted by Gasteiger charge is 2.36. The van der Waals surface area contributed by atoms with Crippen molar-refractivity contribution in [3.8, 4) is 0 Å². The van der Waals surface area contributed by atoms with E-state index in [-0.39, 0.29) is 11.7 Å². The van der Waals surface area contributed by atoms with Gasteiger partial charge in [-0.05, 0) is 48.5 Å². The third-order valence-electron chi connectivity index (χ3n) is 4.18. The van der Waals surface area contributed by atoms with Crippen molar-refractivity contribution in [3.05, 3.63) is 77.8 Å². The summed E-state index contributed by atoms with van der Waals surface area (Å²) in [5.74, 6) is -1.15. The van der Waals surface area contributed by atoms with Gasteiger partial charge in [0.25, 0.3) is 0 Å². The first-order valence-corrected chi connectivity index (χ1v) is 8.25. The minimum atomic E-state index is -0.600. The van der Waals surface area contributed by atoms with Crippen LogP contribution in [0.1, 0.15) is 17.2 Å². The molecule has 0 aromatic heterocycles. The molecule has 6 heteroatoms. The lowest BCUT2D eigenvalue weighted by Crippen LogP contribution is -2.51. The quantitative estimate of drug-likeness (QED) is 0.739. The van der Waals surface area contributed by atoms with Gasteiger partial charge in [-0.3, -0.25) is 4.79 Å². The van der Waals surface area contributed by atoms with E-state index < -0.39 is 12.0 Å². The van der Waals surface area contributed by atoms with Gasteiger partial charge in [-0.15, -0.1) is 0 Å². The van der Waals surface area contributed by atoms with Gasteiger partial charge in [0.15, 0.2) is 5.11 Å². The van der Waals surface area contributed by atoms with Crippen LogP contribution in [0.5, 0.6) is 0 Å². The van der Waals surface area contributed by atoms with Crippen LogP contribution in [-0.4, -0.2) is 11.0 Å². The van der Waals surface area contributed by atoms with Crippen molar-refractivity contribution < 1.29 is 9.18 Å². The second kappa shape index (κ2) is 7.03. The molecule has 1 fully saturated rings.